The zero-order chi connectivity index (χ0) is 17.3. The van der Waals surface area contributed by atoms with Gasteiger partial charge in [0.1, 0.15) is 5.75 Å². The number of sulfonamides is 1. The highest BCUT2D eigenvalue weighted by atomic mass is 32.2. The minimum atomic E-state index is -3.59. The van der Waals surface area contributed by atoms with E-state index in [1.807, 2.05) is 0 Å². The van der Waals surface area contributed by atoms with Crippen LogP contribution in [0, 0.1) is 0 Å². The number of hydrogen-bond acceptors (Lipinski definition) is 5. The Labute approximate surface area is 137 Å². The summed E-state index contributed by atoms with van der Waals surface area (Å²) >= 11 is 0. The van der Waals surface area contributed by atoms with Gasteiger partial charge >= 0.3 is 0 Å². The number of hydrogen-bond donors (Lipinski definition) is 3. The Kier molecular flexibility index (Phi) is 8.01. The van der Waals surface area contributed by atoms with Crippen LogP contribution in [-0.2, 0) is 21.4 Å². The summed E-state index contributed by atoms with van der Waals surface area (Å²) in [6.45, 7) is 2.84. The Hall–Kier alpha value is -1.64. The molecule has 7 nitrogen and oxygen atoms in total. The SMILES string of the molecule is CCC(=O)NCc1cc(S(=O)(=O)NCCCCN)ccc1OC. The van der Waals surface area contributed by atoms with Crippen molar-refractivity contribution in [2.45, 2.75) is 37.6 Å². The van der Waals surface area contributed by atoms with Gasteiger partial charge in [-0.05, 0) is 37.6 Å². The molecule has 0 saturated carbocycles. The van der Waals surface area contributed by atoms with Gasteiger partial charge in [0, 0.05) is 25.1 Å². The summed E-state index contributed by atoms with van der Waals surface area (Å²) in [6, 6.07) is 4.58. The number of carbonyl (C=O) groups excluding carboxylic acids is 1. The van der Waals surface area contributed by atoms with Gasteiger partial charge in [-0.1, -0.05) is 6.92 Å². The molecule has 0 radical (unpaired) electrons. The van der Waals surface area contributed by atoms with Crippen LogP contribution in [0.3, 0.4) is 0 Å². The maximum atomic E-state index is 12.3. The third-order valence-electron chi connectivity index (χ3n) is 3.28. The summed E-state index contributed by atoms with van der Waals surface area (Å²) < 4.78 is 32.3. The summed E-state index contributed by atoms with van der Waals surface area (Å²) in [5.41, 5.74) is 6.00. The number of carbonyl (C=O) groups is 1. The summed E-state index contributed by atoms with van der Waals surface area (Å²) in [6.07, 6.45) is 1.81. The van der Waals surface area contributed by atoms with Gasteiger partial charge in [0.2, 0.25) is 15.9 Å². The number of amides is 1. The molecule has 4 N–H and O–H groups in total. The summed E-state index contributed by atoms with van der Waals surface area (Å²) in [5.74, 6) is 0.420. The van der Waals surface area contributed by atoms with Gasteiger partial charge < -0.3 is 15.8 Å². The number of nitrogens with one attached hydrogen (secondary N) is 2. The number of nitrogens with two attached hydrogens (primary N) is 1. The molecular weight excluding hydrogens is 318 g/mol. The lowest BCUT2D eigenvalue weighted by atomic mass is 10.2. The third-order valence-corrected chi connectivity index (χ3v) is 4.74. The second kappa shape index (κ2) is 9.49. The Balaban J connectivity index is 2.88. The van der Waals surface area contributed by atoms with E-state index < -0.39 is 10.0 Å². The number of unbranched alkanes of at least 4 members (excludes halogenated alkanes) is 1. The molecule has 0 fully saturated rings. The van der Waals surface area contributed by atoms with E-state index in [2.05, 4.69) is 10.0 Å². The Bertz CT molecular complexity index is 617. The van der Waals surface area contributed by atoms with Gasteiger partial charge in [0.15, 0.2) is 0 Å². The quantitative estimate of drug-likeness (QED) is 0.543. The van der Waals surface area contributed by atoms with Crippen molar-refractivity contribution in [3.8, 4) is 5.75 Å². The molecule has 8 heteroatoms. The van der Waals surface area contributed by atoms with Gasteiger partial charge in [-0.15, -0.1) is 0 Å². The van der Waals surface area contributed by atoms with E-state index in [0.717, 1.165) is 6.42 Å². The van der Waals surface area contributed by atoms with Crippen molar-refractivity contribution in [3.63, 3.8) is 0 Å². The van der Waals surface area contributed by atoms with E-state index in [4.69, 9.17) is 10.5 Å². The molecule has 1 aromatic carbocycles. The van der Waals surface area contributed by atoms with Crippen LogP contribution in [0.4, 0.5) is 0 Å². The predicted octanol–water partition coefficient (Wildman–Crippen LogP) is 0.739. The van der Waals surface area contributed by atoms with Crippen molar-refractivity contribution < 1.29 is 17.9 Å². The van der Waals surface area contributed by atoms with E-state index in [0.29, 0.717) is 37.2 Å². The lowest BCUT2D eigenvalue weighted by Gasteiger charge is -2.12. The normalized spacial score (nSPS) is 11.3. The van der Waals surface area contributed by atoms with Crippen molar-refractivity contribution in [2.24, 2.45) is 5.73 Å². The maximum Gasteiger partial charge on any atom is 0.240 e. The highest BCUT2D eigenvalue weighted by Gasteiger charge is 2.16. The van der Waals surface area contributed by atoms with Crippen LogP contribution < -0.4 is 20.5 Å². The average molecular weight is 343 g/mol. The molecule has 0 aromatic heterocycles. The van der Waals surface area contributed by atoms with Crippen LogP contribution in [0.15, 0.2) is 23.1 Å². The van der Waals surface area contributed by atoms with Crippen molar-refractivity contribution in [3.05, 3.63) is 23.8 Å². The first kappa shape index (κ1) is 19.4. The molecule has 1 aromatic rings. The fraction of sp³-hybridized carbons (Fsp3) is 0.533. The Morgan fingerprint density at radius 3 is 2.65 bits per heavy atom. The summed E-state index contributed by atoms with van der Waals surface area (Å²) in [7, 11) is -2.09. The van der Waals surface area contributed by atoms with Crippen LogP contribution in [0.1, 0.15) is 31.7 Å². The first-order valence-electron chi connectivity index (χ1n) is 7.58. The highest BCUT2D eigenvalue weighted by Crippen LogP contribution is 2.22. The zero-order valence-electron chi connectivity index (χ0n) is 13.6. The zero-order valence-corrected chi connectivity index (χ0v) is 14.4. The molecule has 0 unspecified atom stereocenters. The number of ether oxygens (including phenoxy) is 1. The molecule has 1 amide bonds. The van der Waals surface area contributed by atoms with Gasteiger partial charge in [-0.25, -0.2) is 13.1 Å². The van der Waals surface area contributed by atoms with Crippen LogP contribution in [0.5, 0.6) is 5.75 Å². The molecular formula is C15H25N3O4S. The van der Waals surface area contributed by atoms with Gasteiger partial charge in [-0.2, -0.15) is 0 Å². The molecule has 0 aliphatic heterocycles. The fourth-order valence-corrected chi connectivity index (χ4v) is 3.06. The lowest BCUT2D eigenvalue weighted by molar-refractivity contribution is -0.120. The largest absolute Gasteiger partial charge is 0.496 e. The van der Waals surface area contributed by atoms with Crippen LogP contribution in [-0.4, -0.2) is 34.5 Å². The molecule has 0 atom stereocenters. The number of rotatable bonds is 10. The van der Waals surface area contributed by atoms with E-state index in [1.165, 1.54) is 19.2 Å². The highest BCUT2D eigenvalue weighted by molar-refractivity contribution is 7.89. The van der Waals surface area contributed by atoms with Crippen molar-refractivity contribution >= 4 is 15.9 Å². The third kappa shape index (κ3) is 6.17. The van der Waals surface area contributed by atoms with Crippen LogP contribution in [0.25, 0.3) is 0 Å². The van der Waals surface area contributed by atoms with Gasteiger partial charge in [-0.3, -0.25) is 4.79 Å². The first-order chi connectivity index (χ1) is 10.9. The van der Waals surface area contributed by atoms with Crippen LogP contribution in [0.2, 0.25) is 0 Å². The standard InChI is InChI=1S/C15H25N3O4S/c1-3-15(19)17-11-12-10-13(6-7-14(12)22-2)23(20,21)18-9-5-4-8-16/h6-7,10,18H,3-5,8-9,11,16H2,1-2H3,(H,17,19). The first-order valence-corrected chi connectivity index (χ1v) is 9.06. The topological polar surface area (TPSA) is 111 Å². The van der Waals surface area contributed by atoms with Crippen molar-refractivity contribution in [1.29, 1.82) is 0 Å². The van der Waals surface area contributed by atoms with Gasteiger partial charge in [0.25, 0.3) is 0 Å². The monoisotopic (exact) mass is 343 g/mol. The van der Waals surface area contributed by atoms with Crippen molar-refractivity contribution in [2.75, 3.05) is 20.2 Å². The second-order valence-corrected chi connectivity index (χ2v) is 6.76. The Morgan fingerprint density at radius 2 is 2.04 bits per heavy atom. The maximum absolute atomic E-state index is 12.3. The van der Waals surface area contributed by atoms with E-state index >= 15 is 0 Å². The molecule has 23 heavy (non-hydrogen) atoms. The van der Waals surface area contributed by atoms with E-state index in [9.17, 15) is 13.2 Å². The molecule has 0 saturated heterocycles. The predicted molar refractivity (Wildman–Crippen MR) is 88.6 cm³/mol. The molecule has 130 valence electrons. The Morgan fingerprint density at radius 1 is 1.30 bits per heavy atom. The number of methoxy groups -OCH3 is 1. The van der Waals surface area contributed by atoms with Gasteiger partial charge in [0.05, 0.1) is 12.0 Å². The second-order valence-electron chi connectivity index (χ2n) is 5.00. The van der Waals surface area contributed by atoms with E-state index in [-0.39, 0.29) is 17.3 Å². The average Bonchev–Trinajstić information content (AvgIpc) is 2.56. The lowest BCUT2D eigenvalue weighted by Crippen LogP contribution is -2.26. The fourth-order valence-electron chi connectivity index (χ4n) is 1.94. The molecule has 0 bridgehead atoms. The molecule has 0 spiro atoms. The summed E-state index contributed by atoms with van der Waals surface area (Å²) in [4.78, 5) is 11.5. The minimum Gasteiger partial charge on any atom is -0.496 e. The van der Waals surface area contributed by atoms with E-state index in [1.54, 1.807) is 13.0 Å². The summed E-state index contributed by atoms with van der Waals surface area (Å²) in [5, 5.41) is 2.71. The minimum absolute atomic E-state index is 0.111. The molecule has 0 heterocycles. The smallest absolute Gasteiger partial charge is 0.240 e. The number of benzene rings is 1. The molecule has 0 aliphatic rings. The van der Waals surface area contributed by atoms with Crippen molar-refractivity contribution in [1.82, 2.24) is 10.0 Å². The molecule has 1 rings (SSSR count). The van der Waals surface area contributed by atoms with Crippen LogP contribution >= 0.6 is 0 Å². The molecule has 0 aliphatic carbocycles.